The van der Waals surface area contributed by atoms with Gasteiger partial charge in [0.1, 0.15) is 22.3 Å². The van der Waals surface area contributed by atoms with Crippen molar-refractivity contribution in [2.45, 2.75) is 48.0 Å². The number of furan rings is 2. The average Bonchev–Trinajstić information content (AvgIpc) is 3.70. The van der Waals surface area contributed by atoms with Gasteiger partial charge in [0.2, 0.25) is 0 Å². The maximum atomic E-state index is 6.31. The van der Waals surface area contributed by atoms with Crippen LogP contribution in [-0.2, 0) is 26.5 Å². The van der Waals surface area contributed by atoms with E-state index < -0.39 is 0 Å². The summed E-state index contributed by atoms with van der Waals surface area (Å²) in [7, 11) is 0. The zero-order chi connectivity index (χ0) is 36.0. The molecule has 5 heteroatoms. The van der Waals surface area contributed by atoms with Crippen molar-refractivity contribution in [1.29, 1.82) is 0 Å². The van der Waals surface area contributed by atoms with Crippen molar-refractivity contribution >= 4 is 43.9 Å². The van der Waals surface area contributed by atoms with Gasteiger partial charge in [-0.05, 0) is 66.4 Å². The molecule has 9 aromatic rings. The van der Waals surface area contributed by atoms with E-state index in [0.717, 1.165) is 83.9 Å². The first-order valence-electron chi connectivity index (χ1n) is 17.8. The average molecular weight is 869 g/mol. The molecule has 4 nitrogen and oxygen atoms in total. The number of nitrogens with zero attached hydrogens (tertiary/aromatic N) is 2. The molecule has 0 aliphatic heterocycles. The number of aryl methyl sites for hydroxylation is 3. The number of fused-ring (bicyclic) bond motifs is 6. The number of para-hydroxylation sites is 2. The monoisotopic (exact) mass is 869 g/mol. The zero-order valence-electron chi connectivity index (χ0n) is 30.8. The fourth-order valence-electron chi connectivity index (χ4n) is 6.93. The molecule has 4 aromatic heterocycles. The second kappa shape index (κ2) is 14.6. The molecule has 0 unspecified atom stereocenters. The molecule has 0 saturated heterocycles. The molecule has 265 valence electrons. The molecule has 4 heterocycles. The van der Waals surface area contributed by atoms with Crippen molar-refractivity contribution in [2.24, 2.45) is 5.41 Å². The Kier molecular flexibility index (Phi) is 9.91. The summed E-state index contributed by atoms with van der Waals surface area (Å²) in [5, 5.41) is 4.38. The zero-order valence-corrected chi connectivity index (χ0v) is 33.2. The van der Waals surface area contributed by atoms with Crippen molar-refractivity contribution < 1.29 is 28.9 Å². The summed E-state index contributed by atoms with van der Waals surface area (Å²) in [5.74, 6) is 0. The van der Waals surface area contributed by atoms with Crippen LogP contribution in [0.3, 0.4) is 0 Å². The Morgan fingerprint density at radius 2 is 1.28 bits per heavy atom. The minimum atomic E-state index is 0. The standard InChI is InChI=1S/C34H26NO2.C14H14N.Ir/c1-34(2,3)20-21-9-8-10-22(17-21)26-18-23(15-16-35-26)31-32-24-11-4-6-13-27(24)36-29(32)19-30-33(31)25-12-5-7-14-28(25)37-30;1-10-4-6-13(7-5-10)14-8-11(2)12(3)9-15-14;/h4-9,11-19H,20H2,1-3H3;4-6,8-9H,1-3H3;/q2*-1;. The van der Waals surface area contributed by atoms with Crippen molar-refractivity contribution in [1.82, 2.24) is 9.97 Å². The largest absolute Gasteiger partial charge is 0.456 e. The van der Waals surface area contributed by atoms with Crippen LogP contribution in [0.5, 0.6) is 0 Å². The smallest absolute Gasteiger partial charge is 0.139 e. The Morgan fingerprint density at radius 3 is 1.91 bits per heavy atom. The normalized spacial score (nSPS) is 11.5. The summed E-state index contributed by atoms with van der Waals surface area (Å²) in [5.41, 5.74) is 14.7. The number of rotatable bonds is 4. The maximum absolute atomic E-state index is 6.31. The summed E-state index contributed by atoms with van der Waals surface area (Å²) < 4.78 is 12.6. The molecule has 0 saturated carbocycles. The summed E-state index contributed by atoms with van der Waals surface area (Å²) >= 11 is 0. The number of hydrogen-bond acceptors (Lipinski definition) is 4. The van der Waals surface area contributed by atoms with Crippen LogP contribution in [-0.4, -0.2) is 9.97 Å². The Labute approximate surface area is 324 Å². The van der Waals surface area contributed by atoms with Crippen molar-refractivity contribution in [3.05, 3.63) is 156 Å². The van der Waals surface area contributed by atoms with Crippen LogP contribution in [0.25, 0.3) is 77.5 Å². The van der Waals surface area contributed by atoms with Crippen LogP contribution in [0.4, 0.5) is 0 Å². The summed E-state index contributed by atoms with van der Waals surface area (Å²) in [6.45, 7) is 13.0. The van der Waals surface area contributed by atoms with E-state index in [1.807, 2.05) is 54.9 Å². The van der Waals surface area contributed by atoms with Gasteiger partial charge in [-0.3, -0.25) is 0 Å². The van der Waals surface area contributed by atoms with Crippen molar-refractivity contribution in [3.63, 3.8) is 0 Å². The third-order valence-corrected chi connectivity index (χ3v) is 9.55. The third kappa shape index (κ3) is 7.33. The molecule has 0 spiro atoms. The molecule has 0 aliphatic carbocycles. The van der Waals surface area contributed by atoms with E-state index in [1.54, 1.807) is 0 Å². The van der Waals surface area contributed by atoms with Gasteiger partial charge in [0, 0.05) is 65.7 Å². The van der Waals surface area contributed by atoms with E-state index in [-0.39, 0.29) is 25.5 Å². The van der Waals surface area contributed by atoms with E-state index in [1.165, 1.54) is 22.3 Å². The molecule has 53 heavy (non-hydrogen) atoms. The molecule has 1 radical (unpaired) electrons. The van der Waals surface area contributed by atoms with Gasteiger partial charge < -0.3 is 18.8 Å². The number of aromatic nitrogens is 2. The summed E-state index contributed by atoms with van der Waals surface area (Å²) in [4.78, 5) is 9.16. The summed E-state index contributed by atoms with van der Waals surface area (Å²) in [6, 6.07) is 44.0. The van der Waals surface area contributed by atoms with Gasteiger partial charge in [-0.2, -0.15) is 0 Å². The van der Waals surface area contributed by atoms with E-state index in [0.29, 0.717) is 0 Å². The van der Waals surface area contributed by atoms with E-state index >= 15 is 0 Å². The van der Waals surface area contributed by atoms with Gasteiger partial charge in [0.25, 0.3) is 0 Å². The van der Waals surface area contributed by atoms with Gasteiger partial charge >= 0.3 is 0 Å². The van der Waals surface area contributed by atoms with Crippen LogP contribution in [0.15, 0.2) is 130 Å². The SMILES string of the molecule is CC(C)(C)Cc1cc[c-]c(-c2cc(-c3c4c(cc5oc6ccccc6c35)oc3ccccc34)ccn2)c1.Cc1c[c-]c(-c2cc(C)c(C)cn2)cc1.[Ir]. The molecular formula is C48H40IrN2O2-2. The second-order valence-corrected chi connectivity index (χ2v) is 14.9. The molecule has 5 aromatic carbocycles. The maximum Gasteiger partial charge on any atom is 0.139 e. The molecule has 0 atom stereocenters. The van der Waals surface area contributed by atoms with Gasteiger partial charge in [-0.1, -0.05) is 81.8 Å². The van der Waals surface area contributed by atoms with Crippen molar-refractivity contribution in [2.75, 3.05) is 0 Å². The Balaban J connectivity index is 0.000000229. The van der Waals surface area contributed by atoms with Crippen LogP contribution >= 0.6 is 0 Å². The van der Waals surface area contributed by atoms with Gasteiger partial charge in [-0.15, -0.1) is 70.8 Å². The predicted octanol–water partition coefficient (Wildman–Crippen LogP) is 13.1. The quantitative estimate of drug-likeness (QED) is 0.165. The molecule has 0 amide bonds. The Bertz CT molecular complexity index is 2640. The third-order valence-electron chi connectivity index (χ3n) is 9.55. The minimum Gasteiger partial charge on any atom is -0.456 e. The first-order chi connectivity index (χ1) is 25.1. The Hall–Kier alpha value is -5.35. The summed E-state index contributed by atoms with van der Waals surface area (Å²) in [6.07, 6.45) is 4.80. The number of pyridine rings is 2. The number of hydrogen-bond donors (Lipinski definition) is 0. The first-order valence-corrected chi connectivity index (χ1v) is 17.8. The van der Waals surface area contributed by atoms with Gasteiger partial charge in [0.05, 0.1) is 0 Å². The van der Waals surface area contributed by atoms with E-state index in [9.17, 15) is 0 Å². The van der Waals surface area contributed by atoms with Gasteiger partial charge in [0.15, 0.2) is 0 Å². The van der Waals surface area contributed by atoms with Crippen LogP contribution in [0, 0.1) is 38.3 Å². The molecule has 0 fully saturated rings. The second-order valence-electron chi connectivity index (χ2n) is 14.9. The fourth-order valence-corrected chi connectivity index (χ4v) is 6.93. The van der Waals surface area contributed by atoms with Gasteiger partial charge in [-0.25, -0.2) is 0 Å². The molecule has 0 bridgehead atoms. The Morgan fingerprint density at radius 1 is 0.623 bits per heavy atom. The molecular weight excluding hydrogens is 829 g/mol. The first kappa shape index (κ1) is 36.0. The van der Waals surface area contributed by atoms with E-state index in [2.05, 4.69) is 125 Å². The van der Waals surface area contributed by atoms with Crippen LogP contribution in [0.2, 0.25) is 0 Å². The minimum absolute atomic E-state index is 0. The number of benzene rings is 5. The fraction of sp³-hybridized carbons (Fsp3) is 0.167. The van der Waals surface area contributed by atoms with Crippen LogP contribution < -0.4 is 0 Å². The van der Waals surface area contributed by atoms with Crippen LogP contribution in [0.1, 0.15) is 43.0 Å². The predicted molar refractivity (Wildman–Crippen MR) is 214 cm³/mol. The topological polar surface area (TPSA) is 52.1 Å². The van der Waals surface area contributed by atoms with Crippen molar-refractivity contribution in [3.8, 4) is 33.6 Å². The molecule has 9 rings (SSSR count). The van der Waals surface area contributed by atoms with E-state index in [4.69, 9.17) is 13.8 Å². The molecule has 0 N–H and O–H groups in total. The molecule has 0 aliphatic rings.